The minimum absolute atomic E-state index is 0.325. The molecule has 0 saturated heterocycles. The van der Waals surface area contributed by atoms with Crippen LogP contribution >= 0.6 is 0 Å². The molecule has 0 aliphatic rings. The first-order valence-corrected chi connectivity index (χ1v) is 8.06. The molecule has 1 atom stereocenters. The fourth-order valence-electron chi connectivity index (χ4n) is 2.50. The zero-order chi connectivity index (χ0) is 15.4. The van der Waals surface area contributed by atoms with Crippen LogP contribution in [0.3, 0.4) is 0 Å². The van der Waals surface area contributed by atoms with Crippen molar-refractivity contribution in [3.05, 3.63) is 0 Å². The van der Waals surface area contributed by atoms with Crippen LogP contribution in [-0.4, -0.2) is 62.2 Å². The third kappa shape index (κ3) is 7.84. The van der Waals surface area contributed by atoms with Crippen molar-refractivity contribution in [2.24, 2.45) is 0 Å². The van der Waals surface area contributed by atoms with E-state index in [1.54, 1.807) is 0 Å². The molecule has 0 aliphatic heterocycles. The van der Waals surface area contributed by atoms with E-state index in [0.717, 1.165) is 52.0 Å². The first-order valence-electron chi connectivity index (χ1n) is 8.06. The van der Waals surface area contributed by atoms with Crippen molar-refractivity contribution in [2.45, 2.75) is 52.0 Å². The minimum Gasteiger partial charge on any atom is -0.308 e. The second-order valence-corrected chi connectivity index (χ2v) is 5.83. The highest BCUT2D eigenvalue weighted by molar-refractivity contribution is 5.05. The van der Waals surface area contributed by atoms with E-state index in [0.29, 0.717) is 0 Å². The van der Waals surface area contributed by atoms with Crippen molar-refractivity contribution in [3.63, 3.8) is 0 Å². The summed E-state index contributed by atoms with van der Waals surface area (Å²) in [7, 11) is 4.24. The summed E-state index contributed by atoms with van der Waals surface area (Å²) in [6, 6.07) is 2.48. The van der Waals surface area contributed by atoms with Gasteiger partial charge in [-0.05, 0) is 59.4 Å². The van der Waals surface area contributed by atoms with Gasteiger partial charge in [0.15, 0.2) is 0 Å². The van der Waals surface area contributed by atoms with E-state index < -0.39 is 0 Å². The fraction of sp³-hybridized carbons (Fsp3) is 0.938. The number of nitrogens with zero attached hydrogens (tertiary/aromatic N) is 3. The van der Waals surface area contributed by atoms with Crippen molar-refractivity contribution in [1.29, 1.82) is 5.26 Å². The van der Waals surface area contributed by atoms with E-state index in [4.69, 9.17) is 0 Å². The van der Waals surface area contributed by atoms with Crippen molar-refractivity contribution < 1.29 is 0 Å². The molecule has 4 heteroatoms. The maximum atomic E-state index is 9.42. The Morgan fingerprint density at radius 1 is 1.05 bits per heavy atom. The third-order valence-electron chi connectivity index (χ3n) is 3.81. The molecule has 118 valence electrons. The van der Waals surface area contributed by atoms with Crippen LogP contribution in [0, 0.1) is 11.3 Å². The molecule has 0 spiro atoms. The number of hydrogen-bond donors (Lipinski definition) is 1. The van der Waals surface area contributed by atoms with Gasteiger partial charge in [-0.25, -0.2) is 0 Å². The maximum absolute atomic E-state index is 9.42. The number of nitriles is 1. The van der Waals surface area contributed by atoms with Gasteiger partial charge in [0, 0.05) is 13.1 Å². The van der Waals surface area contributed by atoms with Crippen LogP contribution in [0.2, 0.25) is 0 Å². The van der Waals surface area contributed by atoms with Crippen molar-refractivity contribution in [1.82, 2.24) is 15.1 Å². The predicted octanol–water partition coefficient (Wildman–Crippen LogP) is 2.32. The first kappa shape index (κ1) is 19.4. The maximum Gasteiger partial charge on any atom is 0.106 e. The highest BCUT2D eigenvalue weighted by Crippen LogP contribution is 2.16. The highest BCUT2D eigenvalue weighted by Gasteiger charge is 2.26. The fourth-order valence-corrected chi connectivity index (χ4v) is 2.50. The third-order valence-corrected chi connectivity index (χ3v) is 3.81. The molecule has 0 heterocycles. The molecule has 0 fully saturated rings. The van der Waals surface area contributed by atoms with Gasteiger partial charge in [-0.3, -0.25) is 5.32 Å². The Labute approximate surface area is 126 Å². The molecule has 1 N–H and O–H groups in total. The first-order chi connectivity index (χ1) is 9.53. The van der Waals surface area contributed by atoms with Gasteiger partial charge in [-0.1, -0.05) is 20.8 Å². The van der Waals surface area contributed by atoms with E-state index in [2.05, 4.69) is 56.1 Å². The molecular weight excluding hydrogens is 248 g/mol. The van der Waals surface area contributed by atoms with Crippen LogP contribution in [-0.2, 0) is 0 Å². The van der Waals surface area contributed by atoms with E-state index in [1.165, 1.54) is 6.42 Å². The van der Waals surface area contributed by atoms with Gasteiger partial charge in [-0.15, -0.1) is 0 Å². The van der Waals surface area contributed by atoms with Gasteiger partial charge in [0.25, 0.3) is 0 Å². The van der Waals surface area contributed by atoms with Crippen LogP contribution in [0.1, 0.15) is 46.5 Å². The van der Waals surface area contributed by atoms with Crippen LogP contribution in [0.25, 0.3) is 0 Å². The predicted molar refractivity (Wildman–Crippen MR) is 86.8 cm³/mol. The zero-order valence-electron chi connectivity index (χ0n) is 14.2. The Morgan fingerprint density at radius 3 is 2.20 bits per heavy atom. The molecule has 0 amide bonds. The zero-order valence-corrected chi connectivity index (χ0v) is 14.2. The molecule has 0 aromatic carbocycles. The number of hydrogen-bond acceptors (Lipinski definition) is 4. The van der Waals surface area contributed by atoms with Crippen LogP contribution < -0.4 is 5.32 Å². The molecule has 1 unspecified atom stereocenters. The molecule has 0 aromatic heterocycles. The number of rotatable bonds is 12. The quantitative estimate of drug-likeness (QED) is 0.596. The number of nitrogens with one attached hydrogen (secondary N) is 1. The van der Waals surface area contributed by atoms with E-state index in [1.807, 2.05) is 0 Å². The Bertz CT molecular complexity index is 272. The smallest absolute Gasteiger partial charge is 0.106 e. The second kappa shape index (κ2) is 11.1. The summed E-state index contributed by atoms with van der Waals surface area (Å²) in [4.78, 5) is 4.75. The summed E-state index contributed by atoms with van der Waals surface area (Å²) in [5.41, 5.74) is -0.325. The summed E-state index contributed by atoms with van der Waals surface area (Å²) in [5.74, 6) is 0. The van der Waals surface area contributed by atoms with E-state index in [-0.39, 0.29) is 5.54 Å². The second-order valence-electron chi connectivity index (χ2n) is 5.83. The Hall–Kier alpha value is -0.630. The molecule has 20 heavy (non-hydrogen) atoms. The lowest BCUT2D eigenvalue weighted by Gasteiger charge is -2.28. The van der Waals surface area contributed by atoms with Gasteiger partial charge in [0.05, 0.1) is 6.07 Å². The normalized spacial score (nSPS) is 14.5. The molecule has 4 nitrogen and oxygen atoms in total. The average molecular weight is 282 g/mol. The van der Waals surface area contributed by atoms with Crippen molar-refractivity contribution in [3.8, 4) is 6.07 Å². The Kier molecular flexibility index (Phi) is 10.7. The lowest BCUT2D eigenvalue weighted by atomic mass is 9.92. The van der Waals surface area contributed by atoms with E-state index >= 15 is 0 Å². The molecule has 0 aliphatic carbocycles. The van der Waals surface area contributed by atoms with Crippen molar-refractivity contribution in [2.75, 3.05) is 46.8 Å². The molecule has 0 saturated carbocycles. The molecule has 0 aromatic rings. The van der Waals surface area contributed by atoms with E-state index in [9.17, 15) is 5.26 Å². The summed E-state index contributed by atoms with van der Waals surface area (Å²) >= 11 is 0. The molecule has 0 radical (unpaired) electrons. The Morgan fingerprint density at radius 2 is 1.75 bits per heavy atom. The van der Waals surface area contributed by atoms with Crippen LogP contribution in [0.15, 0.2) is 0 Å². The average Bonchev–Trinajstić information content (AvgIpc) is 2.43. The summed E-state index contributed by atoms with van der Waals surface area (Å²) in [6.07, 6.45) is 4.10. The summed E-state index contributed by atoms with van der Waals surface area (Å²) in [5, 5.41) is 12.8. The van der Waals surface area contributed by atoms with Crippen LogP contribution in [0.4, 0.5) is 0 Å². The standard InChI is InChI=1S/C16H34N4/c1-6-11-20(14-13-19(4)5)12-9-10-16(7-2,15-17)18-8-3/h18H,6-14H2,1-5H3. The van der Waals surface area contributed by atoms with Gasteiger partial charge < -0.3 is 9.80 Å². The van der Waals surface area contributed by atoms with Gasteiger partial charge in [0.1, 0.15) is 5.54 Å². The monoisotopic (exact) mass is 282 g/mol. The number of likely N-dealkylation sites (N-methyl/N-ethyl adjacent to an activating group) is 1. The van der Waals surface area contributed by atoms with Crippen molar-refractivity contribution >= 4 is 0 Å². The highest BCUT2D eigenvalue weighted by atomic mass is 15.2. The molecule has 0 bridgehead atoms. The minimum atomic E-state index is -0.325. The molecular formula is C16H34N4. The van der Waals surface area contributed by atoms with Gasteiger partial charge in [-0.2, -0.15) is 5.26 Å². The van der Waals surface area contributed by atoms with Gasteiger partial charge >= 0.3 is 0 Å². The summed E-state index contributed by atoms with van der Waals surface area (Å²) < 4.78 is 0. The lowest BCUT2D eigenvalue weighted by molar-refractivity contribution is 0.228. The van der Waals surface area contributed by atoms with Crippen LogP contribution in [0.5, 0.6) is 0 Å². The summed E-state index contributed by atoms with van der Waals surface area (Å²) in [6.45, 7) is 11.7. The Balaban J connectivity index is 4.22. The topological polar surface area (TPSA) is 42.3 Å². The largest absolute Gasteiger partial charge is 0.308 e. The SMILES string of the molecule is CCCN(CCCC(C#N)(CC)NCC)CCN(C)C. The van der Waals surface area contributed by atoms with Gasteiger partial charge in [0.2, 0.25) is 0 Å². The molecule has 0 rings (SSSR count). The lowest BCUT2D eigenvalue weighted by Crippen LogP contribution is -2.44.